The number of hydrogen-bond acceptors (Lipinski definition) is 3. The molecular formula is C19H26BrFO3Si. The summed E-state index contributed by atoms with van der Waals surface area (Å²) in [7, 11) is -0.638. The number of rotatable bonds is 9. The van der Waals surface area contributed by atoms with Gasteiger partial charge in [-0.15, -0.1) is 0 Å². The summed E-state index contributed by atoms with van der Waals surface area (Å²) < 4.78 is 30.5. The highest BCUT2D eigenvalue weighted by molar-refractivity contribution is 9.10. The first-order valence-corrected chi connectivity index (χ1v) is 12.6. The predicted octanol–water partition coefficient (Wildman–Crippen LogP) is 5.46. The molecule has 0 spiro atoms. The molecule has 2 atom stereocenters. The Balaban J connectivity index is 2.36. The lowest BCUT2D eigenvalue weighted by molar-refractivity contribution is -0.113. The van der Waals surface area contributed by atoms with Crippen molar-refractivity contribution in [2.45, 2.75) is 29.9 Å². The van der Waals surface area contributed by atoms with Crippen LogP contribution in [0.4, 0.5) is 4.39 Å². The molecule has 6 heteroatoms. The van der Waals surface area contributed by atoms with Gasteiger partial charge in [0.15, 0.2) is 4.20 Å². The Bertz CT molecular complexity index is 682. The number of benzene rings is 2. The highest BCUT2D eigenvalue weighted by Gasteiger charge is 2.50. The van der Waals surface area contributed by atoms with Crippen molar-refractivity contribution in [1.29, 1.82) is 0 Å². The molecule has 0 radical (unpaired) electrons. The molecule has 0 aromatic heterocycles. The van der Waals surface area contributed by atoms with E-state index in [-0.39, 0.29) is 6.79 Å². The minimum atomic E-state index is -2.25. The van der Waals surface area contributed by atoms with Crippen LogP contribution in [0, 0.1) is 0 Å². The van der Waals surface area contributed by atoms with Gasteiger partial charge in [-0.2, -0.15) is 0 Å². The second kappa shape index (κ2) is 8.73. The summed E-state index contributed by atoms with van der Waals surface area (Å²) in [6.07, 6.45) is -0.757. The maximum atomic E-state index is 15.8. The molecule has 0 heterocycles. The maximum Gasteiger partial charge on any atom is 0.180 e. The van der Waals surface area contributed by atoms with E-state index in [4.69, 9.17) is 14.2 Å². The largest absolute Gasteiger partial charge is 0.382 e. The first-order valence-electron chi connectivity index (χ1n) is 8.33. The molecule has 0 bridgehead atoms. The molecule has 0 aliphatic carbocycles. The van der Waals surface area contributed by atoms with Crippen LogP contribution in [0.5, 0.6) is 0 Å². The Morgan fingerprint density at radius 2 is 1.76 bits per heavy atom. The minimum absolute atomic E-state index is 0.0129. The summed E-state index contributed by atoms with van der Waals surface area (Å²) >= 11 is 3.36. The summed E-state index contributed by atoms with van der Waals surface area (Å²) in [5.41, 5.74) is 0.829. The van der Waals surface area contributed by atoms with Gasteiger partial charge in [-0.25, -0.2) is 4.39 Å². The van der Waals surface area contributed by atoms with Crippen molar-refractivity contribution in [3.63, 3.8) is 0 Å². The number of alkyl halides is 2. The molecule has 2 aromatic rings. The third-order valence-electron chi connectivity index (χ3n) is 4.18. The van der Waals surface area contributed by atoms with Gasteiger partial charge in [0.05, 0.1) is 13.2 Å². The van der Waals surface area contributed by atoms with Crippen molar-refractivity contribution in [2.75, 3.05) is 27.1 Å². The molecule has 0 saturated heterocycles. The van der Waals surface area contributed by atoms with E-state index >= 15 is 4.39 Å². The molecule has 25 heavy (non-hydrogen) atoms. The summed E-state index contributed by atoms with van der Waals surface area (Å²) in [5, 5.41) is 2.05. The van der Waals surface area contributed by atoms with Crippen LogP contribution >= 0.6 is 15.9 Å². The summed E-state index contributed by atoms with van der Waals surface area (Å²) in [4.78, 5) is 0. The van der Waals surface area contributed by atoms with Crippen LogP contribution in [0.2, 0.25) is 19.6 Å². The maximum absolute atomic E-state index is 15.8. The summed E-state index contributed by atoms with van der Waals surface area (Å²) in [5.74, 6) is 0. The second-order valence-corrected chi connectivity index (χ2v) is 14.1. The molecule has 2 rings (SSSR count). The number of halogens is 2. The number of hydrogen-bond donors (Lipinski definition) is 0. The third kappa shape index (κ3) is 4.89. The van der Waals surface area contributed by atoms with E-state index in [1.807, 2.05) is 62.1 Å². The third-order valence-corrected chi connectivity index (χ3v) is 10.4. The fraction of sp³-hybridized carbons (Fsp3) is 0.474. The molecule has 0 unspecified atom stereocenters. The van der Waals surface area contributed by atoms with Gasteiger partial charge in [0.1, 0.15) is 21.0 Å². The molecule has 0 N–H and O–H groups in total. The first-order chi connectivity index (χ1) is 11.8. The molecule has 0 saturated carbocycles. The zero-order chi connectivity index (χ0) is 18.5. The Labute approximate surface area is 158 Å². The van der Waals surface area contributed by atoms with E-state index in [2.05, 4.69) is 15.9 Å². The van der Waals surface area contributed by atoms with Crippen molar-refractivity contribution < 1.29 is 18.6 Å². The smallest absolute Gasteiger partial charge is 0.180 e. The summed E-state index contributed by atoms with van der Waals surface area (Å²) in [6, 6.07) is 13.8. The zero-order valence-corrected chi connectivity index (χ0v) is 17.8. The van der Waals surface area contributed by atoms with Crippen LogP contribution < -0.4 is 0 Å². The molecule has 0 aliphatic heterocycles. The van der Waals surface area contributed by atoms with Crippen molar-refractivity contribution in [2.24, 2.45) is 0 Å². The highest BCUT2D eigenvalue weighted by atomic mass is 79.9. The van der Waals surface area contributed by atoms with E-state index in [0.717, 1.165) is 16.3 Å². The Morgan fingerprint density at radius 1 is 1.08 bits per heavy atom. The van der Waals surface area contributed by atoms with Crippen molar-refractivity contribution in [1.82, 2.24) is 0 Å². The van der Waals surface area contributed by atoms with E-state index in [1.165, 1.54) is 0 Å². The quantitative estimate of drug-likeness (QED) is 0.229. The lowest BCUT2D eigenvalue weighted by Gasteiger charge is -2.38. The van der Waals surface area contributed by atoms with Crippen LogP contribution in [0.1, 0.15) is 11.7 Å². The van der Waals surface area contributed by atoms with Gasteiger partial charge in [0.2, 0.25) is 0 Å². The number of fused-ring (bicyclic) bond motifs is 1. The molecule has 2 aromatic carbocycles. The van der Waals surface area contributed by atoms with E-state index in [9.17, 15) is 0 Å². The van der Waals surface area contributed by atoms with Gasteiger partial charge >= 0.3 is 0 Å². The van der Waals surface area contributed by atoms with Crippen LogP contribution in [0.3, 0.4) is 0 Å². The lowest BCUT2D eigenvalue weighted by Crippen LogP contribution is -2.49. The SMILES string of the molecule is COCCOCO[C@@H](c1cccc2ccccc12)[C@@](F)(Br)[Si](C)(C)C. The number of ether oxygens (including phenoxy) is 3. The zero-order valence-electron chi connectivity index (χ0n) is 15.2. The normalized spacial score (nSPS) is 15.9. The molecule has 0 fully saturated rings. The Morgan fingerprint density at radius 3 is 2.44 bits per heavy atom. The van der Waals surface area contributed by atoms with Gasteiger partial charge in [-0.1, -0.05) is 62.1 Å². The van der Waals surface area contributed by atoms with Crippen molar-refractivity contribution in [3.8, 4) is 0 Å². The molecule has 3 nitrogen and oxygen atoms in total. The fourth-order valence-corrected chi connectivity index (χ4v) is 3.98. The topological polar surface area (TPSA) is 27.7 Å². The van der Waals surface area contributed by atoms with Gasteiger partial charge in [-0.3, -0.25) is 0 Å². The second-order valence-electron chi connectivity index (χ2n) is 7.01. The molecule has 138 valence electrons. The molecule has 0 amide bonds. The number of methoxy groups -OCH3 is 1. The minimum Gasteiger partial charge on any atom is -0.382 e. The van der Waals surface area contributed by atoms with Crippen LogP contribution in [-0.2, 0) is 14.2 Å². The molecule has 0 aliphatic rings. The monoisotopic (exact) mass is 428 g/mol. The van der Waals surface area contributed by atoms with Crippen molar-refractivity contribution >= 4 is 34.8 Å². The van der Waals surface area contributed by atoms with Gasteiger partial charge in [0.25, 0.3) is 0 Å². The van der Waals surface area contributed by atoms with E-state index < -0.39 is 18.4 Å². The van der Waals surface area contributed by atoms with Crippen LogP contribution in [-0.4, -0.2) is 39.4 Å². The van der Waals surface area contributed by atoms with Gasteiger partial charge < -0.3 is 14.2 Å². The Kier molecular flexibility index (Phi) is 7.16. The van der Waals surface area contributed by atoms with Crippen LogP contribution in [0.15, 0.2) is 42.5 Å². The highest BCUT2D eigenvalue weighted by Crippen LogP contribution is 2.46. The predicted molar refractivity (Wildman–Crippen MR) is 107 cm³/mol. The summed E-state index contributed by atoms with van der Waals surface area (Å²) in [6.45, 7) is 6.84. The van der Waals surface area contributed by atoms with E-state index in [0.29, 0.717) is 13.2 Å². The molecular weight excluding hydrogens is 403 g/mol. The first kappa shape index (κ1) is 20.5. The lowest BCUT2D eigenvalue weighted by atomic mass is 10.0. The van der Waals surface area contributed by atoms with Crippen molar-refractivity contribution in [3.05, 3.63) is 48.0 Å². The van der Waals surface area contributed by atoms with Crippen LogP contribution in [0.25, 0.3) is 10.8 Å². The van der Waals surface area contributed by atoms with Gasteiger partial charge in [-0.05, 0) is 32.3 Å². The standard InChI is InChI=1S/C19H26BrFO3Si/c1-22-12-13-23-14-24-18(19(20,21)25(2,3)4)17-11-7-9-15-8-5-6-10-16(15)17/h5-11,18H,12-14H2,1-4H3/t18-,19-/m0/s1. The van der Waals surface area contributed by atoms with E-state index in [1.54, 1.807) is 7.11 Å². The average Bonchev–Trinajstić information content (AvgIpc) is 2.56. The average molecular weight is 429 g/mol. The Hall–Kier alpha value is -0.793. The fourth-order valence-electron chi connectivity index (χ4n) is 2.58. The van der Waals surface area contributed by atoms with Gasteiger partial charge in [0, 0.05) is 7.11 Å².